The summed E-state index contributed by atoms with van der Waals surface area (Å²) in [5.41, 5.74) is 0.408. The van der Waals surface area contributed by atoms with Gasteiger partial charge in [0.2, 0.25) is 5.91 Å². The first kappa shape index (κ1) is 16.8. The molecule has 1 saturated heterocycles. The van der Waals surface area contributed by atoms with E-state index in [0.29, 0.717) is 31.0 Å². The second-order valence-corrected chi connectivity index (χ2v) is 6.27. The smallest absolute Gasteiger partial charge is 0.254 e. The Morgan fingerprint density at radius 2 is 2.18 bits per heavy atom. The highest BCUT2D eigenvalue weighted by molar-refractivity contribution is 6.30. The lowest BCUT2D eigenvalue weighted by molar-refractivity contribution is -0.150. The lowest BCUT2D eigenvalue weighted by Crippen LogP contribution is -2.57. The molecule has 0 radical (unpaired) electrons. The van der Waals surface area contributed by atoms with E-state index in [9.17, 15) is 14.7 Å². The van der Waals surface area contributed by atoms with Crippen molar-refractivity contribution in [2.75, 3.05) is 13.1 Å². The number of aliphatic hydroxyl groups is 1. The molecule has 0 saturated carbocycles. The van der Waals surface area contributed by atoms with Gasteiger partial charge < -0.3 is 15.3 Å². The number of hydrogen-bond acceptors (Lipinski definition) is 3. The standard InChI is InChI=1S/C16H21ClN2O3/c1-11-4-5-14(17)8-13(11)9-18-15(21)16(22)6-3-7-19(10-16)12(2)20/h4-5,8,22H,3,6-7,9-10H2,1-2H3,(H,18,21). The van der Waals surface area contributed by atoms with Crippen molar-refractivity contribution in [1.82, 2.24) is 10.2 Å². The Balaban J connectivity index is 2.02. The molecule has 1 aromatic carbocycles. The molecule has 1 atom stereocenters. The molecule has 0 spiro atoms. The molecule has 1 heterocycles. The molecule has 22 heavy (non-hydrogen) atoms. The summed E-state index contributed by atoms with van der Waals surface area (Å²) < 4.78 is 0. The maximum Gasteiger partial charge on any atom is 0.254 e. The maximum absolute atomic E-state index is 12.3. The molecule has 6 heteroatoms. The number of likely N-dealkylation sites (tertiary alicyclic amines) is 1. The van der Waals surface area contributed by atoms with Crippen molar-refractivity contribution < 1.29 is 14.7 Å². The predicted molar refractivity (Wildman–Crippen MR) is 84.5 cm³/mol. The van der Waals surface area contributed by atoms with Gasteiger partial charge in [-0.3, -0.25) is 9.59 Å². The Kier molecular flexibility index (Phi) is 5.08. The van der Waals surface area contributed by atoms with E-state index in [0.717, 1.165) is 11.1 Å². The first-order chi connectivity index (χ1) is 10.3. The summed E-state index contributed by atoms with van der Waals surface area (Å²) in [5.74, 6) is -0.575. The number of piperidine rings is 1. The van der Waals surface area contributed by atoms with Gasteiger partial charge in [0.25, 0.3) is 5.91 Å². The number of benzene rings is 1. The van der Waals surface area contributed by atoms with E-state index < -0.39 is 11.5 Å². The first-order valence-electron chi connectivity index (χ1n) is 7.33. The van der Waals surface area contributed by atoms with Crippen LogP contribution in [0.3, 0.4) is 0 Å². The molecule has 120 valence electrons. The number of nitrogens with zero attached hydrogens (tertiary/aromatic N) is 1. The number of nitrogens with one attached hydrogen (secondary N) is 1. The minimum absolute atomic E-state index is 0.0443. The van der Waals surface area contributed by atoms with Crippen LogP contribution in [0.15, 0.2) is 18.2 Å². The molecule has 1 aromatic rings. The highest BCUT2D eigenvalue weighted by Gasteiger charge is 2.40. The molecule has 5 nitrogen and oxygen atoms in total. The van der Waals surface area contributed by atoms with Gasteiger partial charge in [-0.2, -0.15) is 0 Å². The number of amides is 2. The van der Waals surface area contributed by atoms with Crippen LogP contribution in [0.25, 0.3) is 0 Å². The molecule has 0 aliphatic carbocycles. The van der Waals surface area contributed by atoms with Crippen molar-refractivity contribution in [3.05, 3.63) is 34.3 Å². The van der Waals surface area contributed by atoms with E-state index >= 15 is 0 Å². The average molecular weight is 325 g/mol. The number of aryl methyl sites for hydroxylation is 1. The van der Waals surface area contributed by atoms with Gasteiger partial charge in [-0.05, 0) is 43.0 Å². The summed E-state index contributed by atoms with van der Waals surface area (Å²) in [6, 6.07) is 5.47. The van der Waals surface area contributed by atoms with Gasteiger partial charge in [0.1, 0.15) is 0 Å². The third kappa shape index (κ3) is 3.78. The van der Waals surface area contributed by atoms with Crippen LogP contribution in [0.2, 0.25) is 5.02 Å². The normalized spacial score (nSPS) is 21.5. The van der Waals surface area contributed by atoms with E-state index in [1.54, 1.807) is 12.1 Å². The van der Waals surface area contributed by atoms with Crippen LogP contribution in [-0.2, 0) is 16.1 Å². The van der Waals surface area contributed by atoms with E-state index in [1.807, 2.05) is 13.0 Å². The number of carbonyl (C=O) groups excluding carboxylic acids is 2. The Bertz CT molecular complexity index is 591. The van der Waals surface area contributed by atoms with Gasteiger partial charge in [-0.25, -0.2) is 0 Å². The quantitative estimate of drug-likeness (QED) is 0.888. The Morgan fingerprint density at radius 1 is 1.45 bits per heavy atom. The Labute approximate surface area is 135 Å². The van der Waals surface area contributed by atoms with Crippen molar-refractivity contribution in [2.24, 2.45) is 0 Å². The van der Waals surface area contributed by atoms with Crippen LogP contribution in [0.5, 0.6) is 0 Å². The van der Waals surface area contributed by atoms with Crippen LogP contribution < -0.4 is 5.32 Å². The highest BCUT2D eigenvalue weighted by Crippen LogP contribution is 2.22. The summed E-state index contributed by atoms with van der Waals surface area (Å²) in [6.45, 7) is 4.30. The topological polar surface area (TPSA) is 69.6 Å². The van der Waals surface area contributed by atoms with Crippen LogP contribution in [0.4, 0.5) is 0 Å². The number of rotatable bonds is 3. The monoisotopic (exact) mass is 324 g/mol. The van der Waals surface area contributed by atoms with E-state index in [1.165, 1.54) is 11.8 Å². The maximum atomic E-state index is 12.3. The van der Waals surface area contributed by atoms with E-state index in [-0.39, 0.29) is 12.5 Å². The van der Waals surface area contributed by atoms with Crippen molar-refractivity contribution in [3.63, 3.8) is 0 Å². The minimum atomic E-state index is -1.52. The summed E-state index contributed by atoms with van der Waals surface area (Å²) in [4.78, 5) is 25.3. The van der Waals surface area contributed by atoms with E-state index in [2.05, 4.69) is 5.32 Å². The van der Waals surface area contributed by atoms with Crippen molar-refractivity contribution >= 4 is 23.4 Å². The van der Waals surface area contributed by atoms with Crippen LogP contribution in [0, 0.1) is 6.92 Å². The molecule has 1 aliphatic heterocycles. The second-order valence-electron chi connectivity index (χ2n) is 5.83. The lowest BCUT2D eigenvalue weighted by atomic mass is 9.91. The number of hydrogen-bond donors (Lipinski definition) is 2. The zero-order valence-electron chi connectivity index (χ0n) is 12.9. The fourth-order valence-electron chi connectivity index (χ4n) is 2.66. The summed E-state index contributed by atoms with van der Waals surface area (Å²) in [5, 5.41) is 13.9. The predicted octanol–water partition coefficient (Wildman–Crippen LogP) is 1.64. The van der Waals surface area contributed by atoms with Gasteiger partial charge in [0.15, 0.2) is 5.60 Å². The molecule has 2 amide bonds. The van der Waals surface area contributed by atoms with Gasteiger partial charge in [-0.1, -0.05) is 17.7 Å². The van der Waals surface area contributed by atoms with Crippen molar-refractivity contribution in [1.29, 1.82) is 0 Å². The van der Waals surface area contributed by atoms with Crippen molar-refractivity contribution in [2.45, 2.75) is 38.8 Å². The number of β-amino-alcohol motifs (C(OH)–C–C–N with tert-alkyl or cyclic N) is 1. The largest absolute Gasteiger partial charge is 0.378 e. The third-order valence-electron chi connectivity index (χ3n) is 4.09. The van der Waals surface area contributed by atoms with Gasteiger partial charge in [-0.15, -0.1) is 0 Å². The minimum Gasteiger partial charge on any atom is -0.378 e. The van der Waals surface area contributed by atoms with Gasteiger partial charge in [0, 0.05) is 25.0 Å². The fraction of sp³-hybridized carbons (Fsp3) is 0.500. The van der Waals surface area contributed by atoms with Crippen LogP contribution in [-0.4, -0.2) is 40.5 Å². The molecular weight excluding hydrogens is 304 g/mol. The fourth-order valence-corrected chi connectivity index (χ4v) is 2.86. The van der Waals surface area contributed by atoms with Gasteiger partial charge >= 0.3 is 0 Å². The third-order valence-corrected chi connectivity index (χ3v) is 4.32. The number of halogens is 1. The second kappa shape index (κ2) is 6.67. The zero-order chi connectivity index (χ0) is 16.3. The summed E-state index contributed by atoms with van der Waals surface area (Å²) >= 11 is 5.96. The Morgan fingerprint density at radius 3 is 2.86 bits per heavy atom. The molecule has 1 aliphatic rings. The number of carbonyl (C=O) groups is 2. The van der Waals surface area contributed by atoms with Crippen LogP contribution in [0.1, 0.15) is 30.9 Å². The molecule has 0 bridgehead atoms. The molecule has 2 N–H and O–H groups in total. The SMILES string of the molecule is CC(=O)N1CCCC(O)(C(=O)NCc2cc(Cl)ccc2C)C1. The molecule has 2 rings (SSSR count). The first-order valence-corrected chi connectivity index (χ1v) is 7.71. The average Bonchev–Trinajstić information content (AvgIpc) is 2.47. The molecular formula is C16H21ClN2O3. The lowest BCUT2D eigenvalue weighted by Gasteiger charge is -2.37. The molecule has 1 unspecified atom stereocenters. The molecule has 1 fully saturated rings. The molecule has 0 aromatic heterocycles. The zero-order valence-corrected chi connectivity index (χ0v) is 13.6. The Hall–Kier alpha value is -1.59. The van der Waals surface area contributed by atoms with E-state index in [4.69, 9.17) is 11.6 Å². The highest BCUT2D eigenvalue weighted by atomic mass is 35.5. The van der Waals surface area contributed by atoms with Gasteiger partial charge in [0.05, 0.1) is 6.54 Å². The summed E-state index contributed by atoms with van der Waals surface area (Å²) in [6.07, 6.45) is 0.969. The summed E-state index contributed by atoms with van der Waals surface area (Å²) in [7, 11) is 0. The van der Waals surface area contributed by atoms with Crippen LogP contribution >= 0.6 is 11.6 Å². The van der Waals surface area contributed by atoms with Crippen molar-refractivity contribution in [3.8, 4) is 0 Å².